The Bertz CT molecular complexity index is 140. The van der Waals surface area contributed by atoms with Crippen molar-refractivity contribution >= 4 is 84.9 Å². The Kier molecular flexibility index (Phi) is 19.9. The van der Waals surface area contributed by atoms with Gasteiger partial charge in [-0.25, -0.2) is 0 Å². The van der Waals surface area contributed by atoms with Gasteiger partial charge < -0.3 is 0 Å². The van der Waals surface area contributed by atoms with E-state index >= 15 is 0 Å². The smallest absolute Gasteiger partial charge is 0.0198 e. The highest BCUT2D eigenvalue weighted by Crippen LogP contribution is 2.16. The van der Waals surface area contributed by atoms with Gasteiger partial charge >= 0.3 is 0 Å². The zero-order valence-corrected chi connectivity index (χ0v) is 16.6. The molecule has 18 heavy (non-hydrogen) atoms. The number of thiol groups is 3. The molecule has 0 fully saturated rings. The Morgan fingerprint density at radius 1 is 0.611 bits per heavy atom. The summed E-state index contributed by atoms with van der Waals surface area (Å²) in [5.41, 5.74) is 0. The highest BCUT2D eigenvalue weighted by Gasteiger charge is 2.03. The molecule has 0 amide bonds. The van der Waals surface area contributed by atoms with E-state index in [1.807, 2.05) is 47.0 Å². The molecule has 7 heteroatoms. The van der Waals surface area contributed by atoms with E-state index in [2.05, 4.69) is 37.9 Å². The molecule has 0 aromatic carbocycles. The molecule has 0 unspecified atom stereocenters. The van der Waals surface area contributed by atoms with Crippen LogP contribution in [-0.4, -0.2) is 62.8 Å². The van der Waals surface area contributed by atoms with Gasteiger partial charge in [0.2, 0.25) is 0 Å². The van der Waals surface area contributed by atoms with Crippen molar-refractivity contribution in [2.75, 3.05) is 57.5 Å². The van der Waals surface area contributed by atoms with E-state index in [1.165, 1.54) is 46.0 Å². The van der Waals surface area contributed by atoms with Gasteiger partial charge in [-0.05, 0) is 11.5 Å². The highest BCUT2D eigenvalue weighted by atomic mass is 32.2. The van der Waals surface area contributed by atoms with E-state index in [4.69, 9.17) is 0 Å². The first kappa shape index (κ1) is 20.5. The lowest BCUT2D eigenvalue weighted by molar-refractivity contribution is 1.16. The van der Waals surface area contributed by atoms with E-state index in [1.54, 1.807) is 0 Å². The molecule has 0 aliphatic carbocycles. The topological polar surface area (TPSA) is 0 Å². The molecule has 0 aliphatic rings. The largest absolute Gasteiger partial charge is 0.179 e. The predicted molar refractivity (Wildman–Crippen MR) is 110 cm³/mol. The van der Waals surface area contributed by atoms with Gasteiger partial charge in [-0.1, -0.05) is 0 Å². The van der Waals surface area contributed by atoms with Crippen molar-refractivity contribution in [2.45, 2.75) is 5.25 Å². The number of hydrogen-bond donors (Lipinski definition) is 3. The molecule has 0 saturated heterocycles. The normalized spacial score (nSPS) is 11.3. The number of hydrogen-bond acceptors (Lipinski definition) is 7. The second-order valence-electron chi connectivity index (χ2n) is 3.48. The van der Waals surface area contributed by atoms with Crippen molar-refractivity contribution in [3.63, 3.8) is 0 Å². The molecule has 0 rings (SSSR count). The van der Waals surface area contributed by atoms with E-state index < -0.39 is 0 Å². The Morgan fingerprint density at radius 2 is 1.00 bits per heavy atom. The summed E-state index contributed by atoms with van der Waals surface area (Å²) >= 11 is 21.1. The zero-order chi connectivity index (χ0) is 13.5. The van der Waals surface area contributed by atoms with Crippen LogP contribution in [0.15, 0.2) is 0 Å². The van der Waals surface area contributed by atoms with Crippen molar-refractivity contribution in [2.24, 2.45) is 0 Å². The maximum absolute atomic E-state index is 4.64. The molecule has 0 atom stereocenters. The highest BCUT2D eigenvalue weighted by molar-refractivity contribution is 8.04. The van der Waals surface area contributed by atoms with Gasteiger partial charge in [-0.3, -0.25) is 0 Å². The summed E-state index contributed by atoms with van der Waals surface area (Å²) in [5.74, 6) is 11.7. The van der Waals surface area contributed by atoms with Crippen molar-refractivity contribution in [1.29, 1.82) is 0 Å². The first-order valence-electron chi connectivity index (χ1n) is 6.02. The van der Waals surface area contributed by atoms with Crippen molar-refractivity contribution in [1.82, 2.24) is 0 Å². The average molecular weight is 381 g/mol. The predicted octanol–water partition coefficient (Wildman–Crippen LogP) is 4.08. The van der Waals surface area contributed by atoms with Crippen LogP contribution in [0.2, 0.25) is 0 Å². The Labute approximate surface area is 146 Å². The number of thioether (sulfide) groups is 4. The lowest BCUT2D eigenvalue weighted by Gasteiger charge is -2.09. The van der Waals surface area contributed by atoms with E-state index in [9.17, 15) is 0 Å². The minimum Gasteiger partial charge on any atom is -0.179 e. The Balaban J connectivity index is 3.10. The van der Waals surface area contributed by atoms with Gasteiger partial charge in [0.25, 0.3) is 0 Å². The van der Waals surface area contributed by atoms with Crippen molar-refractivity contribution in [3.05, 3.63) is 0 Å². The van der Waals surface area contributed by atoms with Crippen LogP contribution in [0.1, 0.15) is 0 Å². The molecule has 0 aliphatic heterocycles. The second-order valence-corrected chi connectivity index (χ2v) is 9.85. The fraction of sp³-hybridized carbons (Fsp3) is 1.00. The third-order valence-corrected chi connectivity index (χ3v) is 8.50. The molecule has 0 heterocycles. The summed E-state index contributed by atoms with van der Waals surface area (Å²) < 4.78 is 0. The summed E-state index contributed by atoms with van der Waals surface area (Å²) in [5, 5.41) is 0.546. The van der Waals surface area contributed by atoms with Crippen molar-refractivity contribution in [3.8, 4) is 0 Å². The first-order chi connectivity index (χ1) is 8.81. The summed E-state index contributed by atoms with van der Waals surface area (Å²) in [6, 6.07) is 0. The number of rotatable bonds is 14. The quantitative estimate of drug-likeness (QED) is 0.307. The summed E-state index contributed by atoms with van der Waals surface area (Å²) in [7, 11) is 0. The van der Waals surface area contributed by atoms with E-state index in [0.29, 0.717) is 5.25 Å². The summed E-state index contributed by atoms with van der Waals surface area (Å²) in [6.45, 7) is 0. The minimum atomic E-state index is 0.546. The third-order valence-electron chi connectivity index (χ3n) is 1.84. The SMILES string of the molecule is SCCSCCSCC(S)CSCCSCCS. The molecule has 0 nitrogen and oxygen atoms in total. The first-order valence-corrected chi connectivity index (χ1v) is 12.4. The molecular formula is C11H24S7. The maximum Gasteiger partial charge on any atom is 0.0198 e. The van der Waals surface area contributed by atoms with Crippen LogP contribution in [0.3, 0.4) is 0 Å². The minimum absolute atomic E-state index is 0.546. The van der Waals surface area contributed by atoms with Crippen LogP contribution in [0.25, 0.3) is 0 Å². The van der Waals surface area contributed by atoms with Crippen LogP contribution in [0.4, 0.5) is 0 Å². The lowest BCUT2D eigenvalue weighted by atomic mass is 10.5. The monoisotopic (exact) mass is 380 g/mol. The Morgan fingerprint density at radius 3 is 1.39 bits per heavy atom. The van der Waals surface area contributed by atoms with Gasteiger partial charge in [0.05, 0.1) is 0 Å². The molecule has 0 spiro atoms. The molecule has 0 radical (unpaired) electrons. The van der Waals surface area contributed by atoms with Gasteiger partial charge in [0.1, 0.15) is 0 Å². The molecule has 0 aromatic heterocycles. The molecule has 0 saturated carbocycles. The van der Waals surface area contributed by atoms with Gasteiger partial charge in [0, 0.05) is 51.3 Å². The molecule has 0 bridgehead atoms. The maximum atomic E-state index is 4.64. The molecule has 110 valence electrons. The summed E-state index contributed by atoms with van der Waals surface area (Å²) in [4.78, 5) is 0. The van der Waals surface area contributed by atoms with E-state index in [-0.39, 0.29) is 0 Å². The van der Waals surface area contributed by atoms with Crippen LogP contribution >= 0.6 is 84.9 Å². The van der Waals surface area contributed by atoms with Gasteiger partial charge in [0.15, 0.2) is 0 Å². The van der Waals surface area contributed by atoms with Crippen LogP contribution in [0.5, 0.6) is 0 Å². The second kappa shape index (κ2) is 17.5. The van der Waals surface area contributed by atoms with Crippen LogP contribution < -0.4 is 0 Å². The third kappa shape index (κ3) is 16.5. The fourth-order valence-corrected chi connectivity index (χ4v) is 6.28. The zero-order valence-electron chi connectivity index (χ0n) is 10.6. The van der Waals surface area contributed by atoms with Crippen LogP contribution in [-0.2, 0) is 0 Å². The summed E-state index contributed by atoms with van der Waals surface area (Å²) in [6.07, 6.45) is 0. The fourth-order valence-electron chi connectivity index (χ4n) is 1.06. The van der Waals surface area contributed by atoms with E-state index in [0.717, 1.165) is 11.5 Å². The van der Waals surface area contributed by atoms with Crippen molar-refractivity contribution < 1.29 is 0 Å². The Hall–Kier alpha value is 2.45. The van der Waals surface area contributed by atoms with Crippen LogP contribution in [0, 0.1) is 0 Å². The standard InChI is InChI=1S/C11H24S7/c12-1-3-15-5-7-17-9-11(14)10-18-8-6-16-4-2-13/h11-14H,1-10H2. The van der Waals surface area contributed by atoms with Gasteiger partial charge in [-0.15, -0.1) is 0 Å². The molecular weight excluding hydrogens is 357 g/mol. The average Bonchev–Trinajstić information content (AvgIpc) is 2.38. The molecule has 0 N–H and O–H groups in total. The van der Waals surface area contributed by atoms with Gasteiger partial charge in [-0.2, -0.15) is 84.9 Å². The lowest BCUT2D eigenvalue weighted by Crippen LogP contribution is -2.08. The molecule has 0 aromatic rings.